The van der Waals surface area contributed by atoms with Gasteiger partial charge in [-0.15, -0.1) is 0 Å². The van der Waals surface area contributed by atoms with E-state index in [4.69, 9.17) is 9.47 Å². The van der Waals surface area contributed by atoms with Crippen LogP contribution in [0.1, 0.15) is 30.9 Å². The maximum atomic E-state index is 12.2. The van der Waals surface area contributed by atoms with E-state index in [1.807, 2.05) is 50.2 Å². The number of rotatable bonds is 9. The lowest BCUT2D eigenvalue weighted by Gasteiger charge is -2.13. The van der Waals surface area contributed by atoms with Gasteiger partial charge < -0.3 is 14.8 Å². The summed E-state index contributed by atoms with van der Waals surface area (Å²) in [4.78, 5) is 24.0. The zero-order valence-corrected chi connectivity index (χ0v) is 16.2. The number of para-hydroxylation sites is 1. The number of carbonyl (C=O) groups excluding carboxylic acids is 2. The highest BCUT2D eigenvalue weighted by Gasteiger charge is 2.27. The second kappa shape index (κ2) is 9.22. The number of carbonyl (C=O) groups is 2. The van der Waals surface area contributed by atoms with Crippen molar-refractivity contribution in [3.05, 3.63) is 59.7 Å². The van der Waals surface area contributed by atoms with E-state index < -0.39 is 0 Å². The van der Waals surface area contributed by atoms with Gasteiger partial charge in [0.05, 0.1) is 6.61 Å². The van der Waals surface area contributed by atoms with Gasteiger partial charge in [-0.1, -0.05) is 30.3 Å². The van der Waals surface area contributed by atoms with Gasteiger partial charge in [-0.05, 0) is 62.1 Å². The van der Waals surface area contributed by atoms with Crippen molar-refractivity contribution in [3.63, 3.8) is 0 Å². The summed E-state index contributed by atoms with van der Waals surface area (Å²) < 4.78 is 11.3. The second-order valence-corrected chi connectivity index (χ2v) is 6.80. The first-order valence-electron chi connectivity index (χ1n) is 9.54. The average molecular weight is 379 g/mol. The molecule has 0 aliphatic heterocycles. The zero-order chi connectivity index (χ0) is 19.9. The van der Waals surface area contributed by atoms with Crippen molar-refractivity contribution in [2.75, 3.05) is 18.5 Å². The van der Waals surface area contributed by atoms with Crippen LogP contribution in [0.15, 0.2) is 48.5 Å². The first kappa shape index (κ1) is 19.7. The van der Waals surface area contributed by atoms with Crippen molar-refractivity contribution in [3.8, 4) is 11.5 Å². The molecule has 5 nitrogen and oxygen atoms in total. The Morgan fingerprint density at radius 2 is 1.89 bits per heavy atom. The minimum absolute atomic E-state index is 0.121. The summed E-state index contributed by atoms with van der Waals surface area (Å²) in [6.45, 7) is 4.17. The topological polar surface area (TPSA) is 64.6 Å². The number of allylic oxidation sites excluding steroid dienone is 1. The summed E-state index contributed by atoms with van der Waals surface area (Å²) >= 11 is 0. The smallest absolute Gasteiger partial charge is 0.262 e. The molecule has 1 amide bonds. The van der Waals surface area contributed by atoms with Crippen LogP contribution < -0.4 is 14.8 Å². The normalized spacial score (nSPS) is 13.4. The molecule has 0 bridgehead atoms. The molecule has 0 radical (unpaired) electrons. The largest absolute Gasteiger partial charge is 0.490 e. The molecule has 0 spiro atoms. The number of benzene rings is 2. The number of hydrogen-bond acceptors (Lipinski definition) is 4. The van der Waals surface area contributed by atoms with E-state index >= 15 is 0 Å². The standard InChI is InChI=1S/C23H25NO4/c1-3-27-22-14-17(8-12-20(25)18-10-11-18)9-13-21(22)28-15-23(26)24-19-7-5-4-6-16(19)2/h4-9,12-14,18H,3,10-11,15H2,1-2H3,(H,24,26)/b12-8+. The van der Waals surface area contributed by atoms with Crippen molar-refractivity contribution >= 4 is 23.5 Å². The first-order valence-corrected chi connectivity index (χ1v) is 9.54. The van der Waals surface area contributed by atoms with Gasteiger partial charge in [-0.2, -0.15) is 0 Å². The van der Waals surface area contributed by atoms with E-state index in [-0.39, 0.29) is 24.2 Å². The number of aryl methyl sites for hydroxylation is 1. The highest BCUT2D eigenvalue weighted by Crippen LogP contribution is 2.31. The molecular formula is C23H25NO4. The number of amides is 1. The fourth-order valence-electron chi connectivity index (χ4n) is 2.74. The van der Waals surface area contributed by atoms with Crippen LogP contribution in [-0.4, -0.2) is 24.9 Å². The fraction of sp³-hybridized carbons (Fsp3) is 0.304. The molecule has 0 unspecified atom stereocenters. The minimum atomic E-state index is -0.240. The molecule has 5 heteroatoms. The molecule has 146 valence electrons. The average Bonchev–Trinajstić information content (AvgIpc) is 3.53. The van der Waals surface area contributed by atoms with Crippen LogP contribution in [0.25, 0.3) is 6.08 Å². The Balaban J connectivity index is 1.62. The van der Waals surface area contributed by atoms with Crippen LogP contribution in [0.5, 0.6) is 11.5 Å². The predicted molar refractivity (Wildman–Crippen MR) is 110 cm³/mol. The van der Waals surface area contributed by atoms with E-state index in [1.165, 1.54) is 0 Å². The maximum Gasteiger partial charge on any atom is 0.262 e. The maximum absolute atomic E-state index is 12.2. The molecule has 3 rings (SSSR count). The Morgan fingerprint density at radius 3 is 2.61 bits per heavy atom. The van der Waals surface area contributed by atoms with E-state index in [0.29, 0.717) is 18.1 Å². The molecule has 1 fully saturated rings. The number of ether oxygens (including phenoxy) is 2. The first-order chi connectivity index (χ1) is 13.6. The highest BCUT2D eigenvalue weighted by atomic mass is 16.5. The number of nitrogens with one attached hydrogen (secondary N) is 1. The van der Waals surface area contributed by atoms with Crippen LogP contribution in [0, 0.1) is 12.8 Å². The van der Waals surface area contributed by atoms with Crippen molar-refractivity contribution in [1.82, 2.24) is 0 Å². The van der Waals surface area contributed by atoms with E-state index in [2.05, 4.69) is 5.32 Å². The molecular weight excluding hydrogens is 354 g/mol. The molecule has 0 heterocycles. The Morgan fingerprint density at radius 1 is 1.11 bits per heavy atom. The number of ketones is 1. The number of anilines is 1. The third-order valence-electron chi connectivity index (χ3n) is 4.47. The van der Waals surface area contributed by atoms with Gasteiger partial charge in [-0.3, -0.25) is 9.59 Å². The fourth-order valence-corrected chi connectivity index (χ4v) is 2.74. The Labute approximate surface area is 165 Å². The lowest BCUT2D eigenvalue weighted by Crippen LogP contribution is -2.20. The molecule has 28 heavy (non-hydrogen) atoms. The summed E-state index contributed by atoms with van der Waals surface area (Å²) in [7, 11) is 0. The molecule has 1 aliphatic rings. The van der Waals surface area contributed by atoms with Gasteiger partial charge in [0.25, 0.3) is 5.91 Å². The van der Waals surface area contributed by atoms with Crippen LogP contribution in [0.4, 0.5) is 5.69 Å². The van der Waals surface area contributed by atoms with Gasteiger partial charge >= 0.3 is 0 Å². The van der Waals surface area contributed by atoms with Crippen LogP contribution in [0.2, 0.25) is 0 Å². The second-order valence-electron chi connectivity index (χ2n) is 6.80. The van der Waals surface area contributed by atoms with Crippen LogP contribution in [-0.2, 0) is 9.59 Å². The predicted octanol–water partition coefficient (Wildman–Crippen LogP) is 4.40. The molecule has 1 aliphatic carbocycles. The van der Waals surface area contributed by atoms with Crippen molar-refractivity contribution < 1.29 is 19.1 Å². The van der Waals surface area contributed by atoms with Crippen LogP contribution >= 0.6 is 0 Å². The molecule has 2 aromatic rings. The van der Waals surface area contributed by atoms with Gasteiger partial charge in [0.15, 0.2) is 23.9 Å². The van der Waals surface area contributed by atoms with Gasteiger partial charge in [0.1, 0.15) is 0 Å². The lowest BCUT2D eigenvalue weighted by atomic mass is 10.1. The summed E-state index contributed by atoms with van der Waals surface area (Å²) in [6.07, 6.45) is 5.40. The van der Waals surface area contributed by atoms with Crippen molar-refractivity contribution in [2.24, 2.45) is 5.92 Å². The van der Waals surface area contributed by atoms with Crippen LogP contribution in [0.3, 0.4) is 0 Å². The Hall–Kier alpha value is -3.08. The van der Waals surface area contributed by atoms with E-state index in [1.54, 1.807) is 18.2 Å². The third-order valence-corrected chi connectivity index (χ3v) is 4.47. The van der Waals surface area contributed by atoms with Crippen molar-refractivity contribution in [1.29, 1.82) is 0 Å². The number of hydrogen-bond donors (Lipinski definition) is 1. The summed E-state index contributed by atoms with van der Waals surface area (Å²) in [5.41, 5.74) is 2.61. The van der Waals surface area contributed by atoms with Gasteiger partial charge in [-0.25, -0.2) is 0 Å². The third kappa shape index (κ3) is 5.46. The minimum Gasteiger partial charge on any atom is -0.490 e. The summed E-state index contributed by atoms with van der Waals surface area (Å²) in [6, 6.07) is 13.0. The van der Waals surface area contributed by atoms with E-state index in [0.717, 1.165) is 29.7 Å². The molecule has 1 saturated carbocycles. The van der Waals surface area contributed by atoms with E-state index in [9.17, 15) is 9.59 Å². The Kier molecular flexibility index (Phi) is 6.48. The molecule has 0 atom stereocenters. The molecule has 0 saturated heterocycles. The molecule has 1 N–H and O–H groups in total. The quantitative estimate of drug-likeness (QED) is 0.656. The lowest BCUT2D eigenvalue weighted by molar-refractivity contribution is -0.118. The SMILES string of the molecule is CCOc1cc(/C=C/C(=O)C2CC2)ccc1OCC(=O)Nc1ccccc1C. The molecule has 2 aromatic carbocycles. The monoisotopic (exact) mass is 379 g/mol. The summed E-state index contributed by atoms with van der Waals surface area (Å²) in [5.74, 6) is 1.18. The highest BCUT2D eigenvalue weighted by molar-refractivity contribution is 5.96. The Bertz CT molecular complexity index is 884. The zero-order valence-electron chi connectivity index (χ0n) is 16.2. The van der Waals surface area contributed by atoms with Crippen molar-refractivity contribution in [2.45, 2.75) is 26.7 Å². The summed E-state index contributed by atoms with van der Waals surface area (Å²) in [5, 5.41) is 2.84. The molecule has 0 aromatic heterocycles. The van der Waals surface area contributed by atoms with Gasteiger partial charge in [0, 0.05) is 11.6 Å². The van der Waals surface area contributed by atoms with Gasteiger partial charge in [0.2, 0.25) is 0 Å².